The first-order valence-corrected chi connectivity index (χ1v) is 8.95. The van der Waals surface area contributed by atoms with E-state index in [-0.39, 0.29) is 24.6 Å². The Bertz CT molecular complexity index is 613. The zero-order valence-electron chi connectivity index (χ0n) is 15.6. The van der Waals surface area contributed by atoms with E-state index in [1.165, 1.54) is 19.4 Å². The molecule has 140 valence electrons. The molecule has 0 spiro atoms. The van der Waals surface area contributed by atoms with Crippen LogP contribution in [-0.4, -0.2) is 48.1 Å². The van der Waals surface area contributed by atoms with E-state index in [0.717, 1.165) is 12.8 Å². The fourth-order valence-corrected chi connectivity index (χ4v) is 5.25. The van der Waals surface area contributed by atoms with Crippen molar-refractivity contribution >= 4 is 11.9 Å². The largest absolute Gasteiger partial charge is 0.465 e. The van der Waals surface area contributed by atoms with Crippen molar-refractivity contribution in [3.63, 3.8) is 0 Å². The lowest BCUT2D eigenvalue weighted by atomic mass is 9.52. The van der Waals surface area contributed by atoms with Crippen molar-refractivity contribution in [1.29, 1.82) is 0 Å². The third-order valence-electron chi connectivity index (χ3n) is 6.82. The van der Waals surface area contributed by atoms with Gasteiger partial charge in [0.05, 0.1) is 12.2 Å². The Morgan fingerprint density at radius 1 is 1.36 bits per heavy atom. The van der Waals surface area contributed by atoms with Crippen LogP contribution in [0.4, 0.5) is 0 Å². The van der Waals surface area contributed by atoms with Crippen LogP contribution in [0.15, 0.2) is 11.6 Å². The SMILES string of the molecule is CC(=O)OC[C@]12CCC(C)=C[C@H]1O[C@@H]1[C@H](O)[C@@H](OC(C)=O)[C@@]2(C)[C@@H]1C. The normalized spacial score (nSPS) is 45.4. The lowest BCUT2D eigenvalue weighted by molar-refractivity contribution is -0.224. The Kier molecular flexibility index (Phi) is 4.48. The highest BCUT2D eigenvalue weighted by molar-refractivity contribution is 5.67. The van der Waals surface area contributed by atoms with Gasteiger partial charge in [-0.15, -0.1) is 0 Å². The monoisotopic (exact) mass is 352 g/mol. The molecule has 1 saturated heterocycles. The van der Waals surface area contributed by atoms with Gasteiger partial charge in [-0.3, -0.25) is 9.59 Å². The van der Waals surface area contributed by atoms with Gasteiger partial charge in [-0.25, -0.2) is 0 Å². The highest BCUT2D eigenvalue weighted by Crippen LogP contribution is 2.65. The number of rotatable bonds is 3. The molecule has 2 aliphatic carbocycles. The van der Waals surface area contributed by atoms with Gasteiger partial charge < -0.3 is 19.3 Å². The van der Waals surface area contributed by atoms with Crippen molar-refractivity contribution in [2.75, 3.05) is 6.61 Å². The Hall–Kier alpha value is -1.40. The van der Waals surface area contributed by atoms with Crippen molar-refractivity contribution in [2.45, 2.75) is 71.9 Å². The van der Waals surface area contributed by atoms with Gasteiger partial charge in [-0.2, -0.15) is 0 Å². The molecule has 1 N–H and O–H groups in total. The van der Waals surface area contributed by atoms with Crippen LogP contribution in [0.1, 0.15) is 47.5 Å². The predicted octanol–water partition coefficient (Wildman–Crippen LogP) is 1.99. The van der Waals surface area contributed by atoms with Gasteiger partial charge in [-0.1, -0.05) is 25.5 Å². The standard InChI is InChI=1S/C19H28O6/c1-10-6-7-19(9-23-12(3)20)14(8-10)25-16-11(2)18(19,5)17(15(16)22)24-13(4)21/h8,11,14-17,22H,6-7,9H2,1-5H3/t11-,14-,15+,16+,17-,18-,19-/m1/s1. The molecule has 1 aliphatic heterocycles. The van der Waals surface area contributed by atoms with Gasteiger partial charge in [0.15, 0.2) is 0 Å². The third kappa shape index (κ3) is 2.53. The maximum Gasteiger partial charge on any atom is 0.303 e. The number of ether oxygens (including phenoxy) is 3. The lowest BCUT2D eigenvalue weighted by Gasteiger charge is -2.58. The smallest absolute Gasteiger partial charge is 0.303 e. The number of carbonyl (C=O) groups is 2. The summed E-state index contributed by atoms with van der Waals surface area (Å²) >= 11 is 0. The van der Waals surface area contributed by atoms with E-state index < -0.39 is 35.1 Å². The van der Waals surface area contributed by atoms with Crippen molar-refractivity contribution in [2.24, 2.45) is 16.7 Å². The third-order valence-corrected chi connectivity index (χ3v) is 6.82. The minimum atomic E-state index is -0.891. The first-order chi connectivity index (χ1) is 11.6. The summed E-state index contributed by atoms with van der Waals surface area (Å²) in [4.78, 5) is 23.2. The number of esters is 2. The molecule has 6 nitrogen and oxygen atoms in total. The molecule has 0 unspecified atom stereocenters. The molecule has 2 fully saturated rings. The molecule has 0 aromatic heterocycles. The van der Waals surface area contributed by atoms with Crippen LogP contribution in [-0.2, 0) is 23.8 Å². The topological polar surface area (TPSA) is 82.1 Å². The average molecular weight is 352 g/mol. The Morgan fingerprint density at radius 2 is 2.04 bits per heavy atom. The molecule has 3 rings (SSSR count). The quantitative estimate of drug-likeness (QED) is 0.618. The van der Waals surface area contributed by atoms with Gasteiger partial charge in [0.25, 0.3) is 0 Å². The molecular weight excluding hydrogens is 324 g/mol. The maximum atomic E-state index is 11.7. The number of hydrogen-bond donors (Lipinski definition) is 1. The minimum Gasteiger partial charge on any atom is -0.465 e. The number of hydrogen-bond acceptors (Lipinski definition) is 6. The summed E-state index contributed by atoms with van der Waals surface area (Å²) in [5.74, 6) is -0.808. The van der Waals surface area contributed by atoms with Crippen LogP contribution in [0, 0.1) is 16.7 Å². The summed E-state index contributed by atoms with van der Waals surface area (Å²) in [5, 5.41) is 10.8. The summed E-state index contributed by atoms with van der Waals surface area (Å²) in [6, 6.07) is 0. The molecular formula is C19H28O6. The first-order valence-electron chi connectivity index (χ1n) is 8.95. The molecule has 25 heavy (non-hydrogen) atoms. The Balaban J connectivity index is 2.10. The van der Waals surface area contributed by atoms with Crippen molar-refractivity contribution in [3.8, 4) is 0 Å². The molecule has 3 aliphatic rings. The molecule has 2 bridgehead atoms. The van der Waals surface area contributed by atoms with Gasteiger partial charge in [0.1, 0.15) is 18.8 Å². The first kappa shape index (κ1) is 18.4. The molecule has 1 saturated carbocycles. The molecule has 1 heterocycles. The second-order valence-electron chi connectivity index (χ2n) is 8.06. The van der Waals surface area contributed by atoms with Crippen molar-refractivity contribution in [3.05, 3.63) is 11.6 Å². The van der Waals surface area contributed by atoms with E-state index in [1.54, 1.807) is 0 Å². The van der Waals surface area contributed by atoms with Crippen molar-refractivity contribution < 1.29 is 28.9 Å². The van der Waals surface area contributed by atoms with Gasteiger partial charge in [-0.05, 0) is 25.7 Å². The molecule has 0 aromatic carbocycles. The van der Waals surface area contributed by atoms with Crippen LogP contribution >= 0.6 is 0 Å². The van der Waals surface area contributed by atoms with Gasteiger partial charge in [0, 0.05) is 24.7 Å². The van der Waals surface area contributed by atoms with E-state index >= 15 is 0 Å². The molecule has 0 amide bonds. The summed E-state index contributed by atoms with van der Waals surface area (Å²) in [6.07, 6.45) is 1.43. The lowest BCUT2D eigenvalue weighted by Crippen LogP contribution is -2.62. The summed E-state index contributed by atoms with van der Waals surface area (Å²) in [5.41, 5.74) is 0.129. The minimum absolute atomic E-state index is 0.0366. The van der Waals surface area contributed by atoms with E-state index in [4.69, 9.17) is 14.2 Å². The molecule has 6 heteroatoms. The molecule has 7 atom stereocenters. The van der Waals surface area contributed by atoms with Gasteiger partial charge >= 0.3 is 11.9 Å². The summed E-state index contributed by atoms with van der Waals surface area (Å²) in [7, 11) is 0. The van der Waals surface area contributed by atoms with Gasteiger partial charge in [0.2, 0.25) is 0 Å². The number of carbonyl (C=O) groups excluding carboxylic acids is 2. The highest BCUT2D eigenvalue weighted by atomic mass is 16.6. The second-order valence-corrected chi connectivity index (χ2v) is 8.06. The van der Waals surface area contributed by atoms with Crippen LogP contribution in [0.25, 0.3) is 0 Å². The zero-order valence-corrected chi connectivity index (χ0v) is 15.6. The fraction of sp³-hybridized carbons (Fsp3) is 0.789. The second kappa shape index (κ2) is 6.09. The van der Waals surface area contributed by atoms with Crippen LogP contribution < -0.4 is 0 Å². The molecule has 0 radical (unpaired) electrons. The van der Waals surface area contributed by atoms with E-state index in [1.807, 2.05) is 13.8 Å². The summed E-state index contributed by atoms with van der Waals surface area (Å²) < 4.78 is 17.3. The average Bonchev–Trinajstić information content (AvgIpc) is 2.65. The Morgan fingerprint density at radius 3 is 2.64 bits per heavy atom. The molecule has 0 aromatic rings. The van der Waals surface area contributed by atoms with Crippen LogP contribution in [0.3, 0.4) is 0 Å². The number of aliphatic hydroxyl groups is 1. The van der Waals surface area contributed by atoms with Crippen molar-refractivity contribution in [1.82, 2.24) is 0 Å². The number of allylic oxidation sites excluding steroid dienone is 1. The van der Waals surface area contributed by atoms with E-state index in [2.05, 4.69) is 13.0 Å². The highest BCUT2D eigenvalue weighted by Gasteiger charge is 2.73. The zero-order chi connectivity index (χ0) is 18.6. The predicted molar refractivity (Wildman–Crippen MR) is 89.5 cm³/mol. The summed E-state index contributed by atoms with van der Waals surface area (Å²) in [6.45, 7) is 9.05. The number of aliphatic hydroxyl groups excluding tert-OH is 1. The fourth-order valence-electron chi connectivity index (χ4n) is 5.25. The van der Waals surface area contributed by atoms with Crippen LogP contribution in [0.2, 0.25) is 0 Å². The van der Waals surface area contributed by atoms with Crippen LogP contribution in [0.5, 0.6) is 0 Å². The van der Waals surface area contributed by atoms with E-state index in [9.17, 15) is 14.7 Å². The van der Waals surface area contributed by atoms with E-state index in [0.29, 0.717) is 0 Å². The Labute approximate surface area is 148 Å². The maximum absolute atomic E-state index is 11.7. The number of fused-ring (bicyclic) bond motifs is 4.